The van der Waals surface area contributed by atoms with Crippen LogP contribution >= 0.6 is 0 Å². The van der Waals surface area contributed by atoms with E-state index in [1.54, 1.807) is 0 Å². The first kappa shape index (κ1) is 21.4. The van der Waals surface area contributed by atoms with Gasteiger partial charge in [-0.1, -0.05) is 115 Å². The van der Waals surface area contributed by atoms with Crippen molar-refractivity contribution in [3.8, 4) is 33.5 Å². The fourth-order valence-electron chi connectivity index (χ4n) is 5.72. The van der Waals surface area contributed by atoms with E-state index in [0.29, 0.717) is 5.52 Å². The summed E-state index contributed by atoms with van der Waals surface area (Å²) in [7, 11) is 1.95. The third-order valence-electron chi connectivity index (χ3n) is 7.29. The van der Waals surface area contributed by atoms with E-state index in [1.807, 2.05) is 52.5 Å². The molecule has 37 heavy (non-hydrogen) atoms. The molecule has 0 N–H and O–H groups in total. The first-order valence-corrected chi connectivity index (χ1v) is 12.5. The van der Waals surface area contributed by atoms with Crippen molar-refractivity contribution in [2.45, 2.75) is 0 Å². The minimum absolute atomic E-state index is 0.0148. The van der Waals surface area contributed by atoms with Crippen molar-refractivity contribution in [2.75, 3.05) is 0 Å². The molecule has 3 aromatic heterocycles. The van der Waals surface area contributed by atoms with Crippen LogP contribution in [0.2, 0.25) is 0 Å². The highest BCUT2D eigenvalue weighted by Gasteiger charge is 2.24. The van der Waals surface area contributed by atoms with E-state index < -0.39 is 0 Å². The summed E-state index contributed by atoms with van der Waals surface area (Å²) >= 11 is 0. The molecule has 0 atom stereocenters. The summed E-state index contributed by atoms with van der Waals surface area (Å²) in [5.41, 5.74) is 7.84. The molecular weight excluding hydrogens is 452 g/mol. The molecule has 7 aromatic rings. The highest BCUT2D eigenvalue weighted by Crippen LogP contribution is 2.43. The van der Waals surface area contributed by atoms with Crippen LogP contribution in [0, 0.1) is 0 Å². The van der Waals surface area contributed by atoms with Crippen molar-refractivity contribution in [3.05, 3.63) is 138 Å². The average Bonchev–Trinajstić information content (AvgIpc) is 3.35. The number of pyridine rings is 2. The van der Waals surface area contributed by atoms with Gasteiger partial charge in [-0.3, -0.25) is 9.20 Å². The quantitative estimate of drug-likeness (QED) is 0.238. The van der Waals surface area contributed by atoms with Crippen LogP contribution < -0.4 is 5.56 Å². The van der Waals surface area contributed by atoms with Gasteiger partial charge in [-0.15, -0.1) is 0 Å². The third kappa shape index (κ3) is 3.18. The molecule has 3 nitrogen and oxygen atoms in total. The Morgan fingerprint density at radius 1 is 0.486 bits per heavy atom. The highest BCUT2D eigenvalue weighted by molar-refractivity contribution is 6.17. The lowest BCUT2D eigenvalue weighted by Crippen LogP contribution is -2.19. The topological polar surface area (TPSA) is 26.4 Å². The Bertz CT molecular complexity index is 1980. The van der Waals surface area contributed by atoms with Crippen LogP contribution in [0.3, 0.4) is 0 Å². The lowest BCUT2D eigenvalue weighted by Gasteiger charge is -2.22. The van der Waals surface area contributed by atoms with E-state index in [2.05, 4.69) is 91.0 Å². The molecule has 4 aromatic carbocycles. The maximum atomic E-state index is 14.5. The van der Waals surface area contributed by atoms with Gasteiger partial charge in [-0.2, -0.15) is 0 Å². The minimum Gasteiger partial charge on any atom is -0.346 e. The van der Waals surface area contributed by atoms with Gasteiger partial charge in [-0.25, -0.2) is 0 Å². The van der Waals surface area contributed by atoms with Crippen molar-refractivity contribution in [2.24, 2.45) is 7.05 Å². The number of hydrogen-bond donors (Lipinski definition) is 0. The van der Waals surface area contributed by atoms with E-state index in [0.717, 1.165) is 55.2 Å². The highest BCUT2D eigenvalue weighted by atomic mass is 16.1. The zero-order valence-corrected chi connectivity index (χ0v) is 20.4. The molecule has 0 bridgehead atoms. The van der Waals surface area contributed by atoms with Gasteiger partial charge in [0, 0.05) is 35.1 Å². The van der Waals surface area contributed by atoms with Gasteiger partial charge >= 0.3 is 0 Å². The second kappa shape index (κ2) is 8.35. The summed E-state index contributed by atoms with van der Waals surface area (Å²) in [6, 6.07) is 41.6. The van der Waals surface area contributed by atoms with Crippen LogP contribution in [-0.2, 0) is 7.05 Å². The standard InChI is InChI=1S/C34H24N2O/c1-35-22-21-28-30(24-15-7-3-8-16-24)32-27-20-12-11-19-26(27)29(23-13-5-2-6-14-23)31(25-17-9-4-10-18-25)36(32)34(37)33(28)35/h2-22H,1H3. The Hall–Kier alpha value is -4.89. The predicted octanol–water partition coefficient (Wildman–Crippen LogP) is 7.95. The molecule has 0 aliphatic carbocycles. The molecule has 3 heteroatoms. The van der Waals surface area contributed by atoms with Crippen LogP contribution in [0.15, 0.2) is 132 Å². The van der Waals surface area contributed by atoms with E-state index in [9.17, 15) is 4.79 Å². The van der Waals surface area contributed by atoms with Gasteiger partial charge < -0.3 is 4.57 Å². The largest absolute Gasteiger partial charge is 0.346 e. The molecule has 0 amide bonds. The van der Waals surface area contributed by atoms with Crippen molar-refractivity contribution in [1.82, 2.24) is 8.97 Å². The summed E-state index contributed by atoms with van der Waals surface area (Å²) in [5.74, 6) is 0. The Morgan fingerprint density at radius 2 is 1.00 bits per heavy atom. The minimum atomic E-state index is -0.0148. The normalized spacial score (nSPS) is 11.5. The van der Waals surface area contributed by atoms with E-state index in [-0.39, 0.29) is 5.56 Å². The van der Waals surface area contributed by atoms with E-state index in [4.69, 9.17) is 0 Å². The first-order valence-electron chi connectivity index (χ1n) is 12.5. The van der Waals surface area contributed by atoms with Crippen molar-refractivity contribution >= 4 is 27.2 Å². The van der Waals surface area contributed by atoms with Gasteiger partial charge in [0.05, 0.1) is 11.2 Å². The number of aromatic nitrogens is 2. The SMILES string of the molecule is Cn1ccc2c(-c3ccccc3)c3c4ccccc4c(-c4ccccc4)c(-c4ccccc4)n3c(=O)c21. The number of nitrogens with zero attached hydrogens (tertiary/aromatic N) is 2. The maximum Gasteiger partial charge on any atom is 0.280 e. The van der Waals surface area contributed by atoms with Crippen molar-refractivity contribution in [1.29, 1.82) is 0 Å². The van der Waals surface area contributed by atoms with Gasteiger partial charge in [-0.05, 0) is 28.1 Å². The van der Waals surface area contributed by atoms with Crippen LogP contribution in [0.5, 0.6) is 0 Å². The lowest BCUT2D eigenvalue weighted by molar-refractivity contribution is 0.952. The molecule has 0 spiro atoms. The predicted molar refractivity (Wildman–Crippen MR) is 154 cm³/mol. The van der Waals surface area contributed by atoms with Crippen LogP contribution in [0.25, 0.3) is 60.7 Å². The molecule has 0 fully saturated rings. The Balaban J connectivity index is 1.86. The fraction of sp³-hybridized carbons (Fsp3) is 0.0294. The molecule has 0 aliphatic heterocycles. The van der Waals surface area contributed by atoms with Gasteiger partial charge in [0.1, 0.15) is 5.52 Å². The molecule has 7 rings (SSSR count). The number of fused-ring (bicyclic) bond motifs is 4. The summed E-state index contributed by atoms with van der Waals surface area (Å²) in [6.07, 6.45) is 1.99. The average molecular weight is 477 g/mol. The maximum absolute atomic E-state index is 14.5. The second-order valence-electron chi connectivity index (χ2n) is 9.42. The zero-order chi connectivity index (χ0) is 24.9. The molecule has 176 valence electrons. The molecule has 0 aliphatic rings. The fourth-order valence-corrected chi connectivity index (χ4v) is 5.72. The van der Waals surface area contributed by atoms with Crippen molar-refractivity contribution < 1.29 is 0 Å². The first-order chi connectivity index (χ1) is 18.2. The monoisotopic (exact) mass is 476 g/mol. The molecule has 0 unspecified atom stereocenters. The van der Waals surface area contributed by atoms with Crippen LogP contribution in [0.1, 0.15) is 0 Å². The Morgan fingerprint density at radius 3 is 1.62 bits per heavy atom. The number of hydrogen-bond acceptors (Lipinski definition) is 1. The smallest absolute Gasteiger partial charge is 0.280 e. The Labute approximate surface area is 214 Å². The summed E-state index contributed by atoms with van der Waals surface area (Å²) in [4.78, 5) is 14.5. The number of rotatable bonds is 3. The molecule has 0 saturated heterocycles. The van der Waals surface area contributed by atoms with Crippen molar-refractivity contribution in [3.63, 3.8) is 0 Å². The van der Waals surface area contributed by atoms with Crippen LogP contribution in [0.4, 0.5) is 0 Å². The molecule has 3 heterocycles. The van der Waals surface area contributed by atoms with Gasteiger partial charge in [0.25, 0.3) is 5.56 Å². The molecular formula is C34H24N2O. The summed E-state index contributed by atoms with van der Waals surface area (Å²) in [6.45, 7) is 0. The molecule has 0 saturated carbocycles. The van der Waals surface area contributed by atoms with Gasteiger partial charge in [0.15, 0.2) is 0 Å². The van der Waals surface area contributed by atoms with Gasteiger partial charge in [0.2, 0.25) is 0 Å². The number of aryl methyl sites for hydroxylation is 1. The Kier molecular flexibility index (Phi) is 4.83. The molecule has 0 radical (unpaired) electrons. The van der Waals surface area contributed by atoms with Crippen LogP contribution in [-0.4, -0.2) is 8.97 Å². The lowest BCUT2D eigenvalue weighted by atomic mass is 9.90. The van der Waals surface area contributed by atoms with E-state index in [1.165, 1.54) is 0 Å². The summed E-state index contributed by atoms with van der Waals surface area (Å²) in [5, 5.41) is 3.15. The zero-order valence-electron chi connectivity index (χ0n) is 20.4. The third-order valence-corrected chi connectivity index (χ3v) is 7.29. The summed E-state index contributed by atoms with van der Waals surface area (Å²) < 4.78 is 3.91. The van der Waals surface area contributed by atoms with E-state index >= 15 is 0 Å². The number of benzene rings is 4. The second-order valence-corrected chi connectivity index (χ2v) is 9.42.